The average molecular weight is 458 g/mol. The van der Waals surface area contributed by atoms with E-state index in [-0.39, 0.29) is 17.9 Å². The van der Waals surface area contributed by atoms with E-state index in [0.29, 0.717) is 37.5 Å². The molecule has 4 atom stereocenters. The van der Waals surface area contributed by atoms with Gasteiger partial charge in [0, 0.05) is 31.7 Å². The average Bonchev–Trinajstić information content (AvgIpc) is 3.09. The van der Waals surface area contributed by atoms with E-state index in [1.165, 1.54) is 12.8 Å². The first-order valence-corrected chi connectivity index (χ1v) is 12.3. The number of piperidine rings is 1. The Hall–Kier alpha value is -2.00. The molecule has 3 N–H and O–H groups in total. The van der Waals surface area contributed by atoms with Crippen LogP contribution in [0, 0.1) is 5.92 Å². The van der Waals surface area contributed by atoms with Crippen molar-refractivity contribution in [3.8, 4) is 5.75 Å². The molecule has 33 heavy (non-hydrogen) atoms. The smallest absolute Gasteiger partial charge is 0.244 e. The summed E-state index contributed by atoms with van der Waals surface area (Å²) in [5, 5.41) is 17.0. The number of ether oxygens (including phenoxy) is 2. The lowest BCUT2D eigenvalue weighted by molar-refractivity contribution is -0.141. The number of aliphatic hydroxyl groups is 1. The lowest BCUT2D eigenvalue weighted by atomic mass is 9.81. The number of carbonyl (C=O) groups is 2. The fraction of sp³-hybridized carbons (Fsp3) is 0.680. The van der Waals surface area contributed by atoms with Crippen LogP contribution in [0.4, 0.5) is 0 Å². The van der Waals surface area contributed by atoms with Crippen molar-refractivity contribution in [1.29, 1.82) is 0 Å². The monoisotopic (exact) mass is 457 g/mol. The van der Waals surface area contributed by atoms with Crippen molar-refractivity contribution in [3.05, 3.63) is 29.3 Å². The third kappa shape index (κ3) is 4.80. The SMILES string of the molecule is COC1CC(CN[C@@H]2CCCC[C@H]2Oc2ccc3c(c2)CN(C2CCC(=O)NC2=O)C3O)C1. The van der Waals surface area contributed by atoms with E-state index in [0.717, 1.165) is 49.1 Å². The summed E-state index contributed by atoms with van der Waals surface area (Å²) in [6, 6.07) is 5.69. The van der Waals surface area contributed by atoms with E-state index in [1.54, 1.807) is 12.0 Å². The van der Waals surface area contributed by atoms with Gasteiger partial charge in [0.2, 0.25) is 11.8 Å². The number of rotatable bonds is 7. The highest BCUT2D eigenvalue weighted by atomic mass is 16.5. The lowest BCUT2D eigenvalue weighted by Gasteiger charge is -2.38. The van der Waals surface area contributed by atoms with E-state index in [9.17, 15) is 14.7 Å². The van der Waals surface area contributed by atoms with E-state index in [1.807, 2.05) is 18.2 Å². The Kier molecular flexibility index (Phi) is 6.69. The molecular weight excluding hydrogens is 422 g/mol. The molecule has 2 amide bonds. The zero-order valence-corrected chi connectivity index (χ0v) is 19.3. The third-order valence-corrected chi connectivity index (χ3v) is 7.85. The van der Waals surface area contributed by atoms with Crippen LogP contribution in [0.15, 0.2) is 18.2 Å². The Balaban J connectivity index is 1.21. The predicted molar refractivity (Wildman–Crippen MR) is 121 cm³/mol. The number of carbonyl (C=O) groups excluding carboxylic acids is 2. The predicted octanol–water partition coefficient (Wildman–Crippen LogP) is 2.00. The Morgan fingerprint density at radius 1 is 1.18 bits per heavy atom. The van der Waals surface area contributed by atoms with Gasteiger partial charge >= 0.3 is 0 Å². The van der Waals surface area contributed by atoms with Crippen molar-refractivity contribution >= 4 is 11.8 Å². The number of nitrogens with zero attached hydrogens (tertiary/aromatic N) is 1. The molecule has 0 bridgehead atoms. The van der Waals surface area contributed by atoms with Crippen LogP contribution in [0.25, 0.3) is 0 Å². The molecule has 1 aromatic carbocycles. The number of fused-ring (bicyclic) bond motifs is 1. The van der Waals surface area contributed by atoms with E-state index in [4.69, 9.17) is 9.47 Å². The zero-order valence-electron chi connectivity index (χ0n) is 19.3. The normalized spacial score (nSPS) is 34.5. The molecule has 4 aliphatic rings. The Labute approximate surface area is 195 Å². The summed E-state index contributed by atoms with van der Waals surface area (Å²) < 4.78 is 11.9. The minimum absolute atomic E-state index is 0.132. The van der Waals surface area contributed by atoms with Crippen molar-refractivity contribution in [1.82, 2.24) is 15.5 Å². The Bertz CT molecular complexity index is 887. The van der Waals surface area contributed by atoms with Crippen LogP contribution in [0.1, 0.15) is 68.7 Å². The first-order valence-electron chi connectivity index (χ1n) is 12.3. The number of hydrogen-bond acceptors (Lipinski definition) is 7. The second-order valence-corrected chi connectivity index (χ2v) is 10.0. The molecule has 180 valence electrons. The molecule has 8 nitrogen and oxygen atoms in total. The van der Waals surface area contributed by atoms with Gasteiger partial charge in [-0.15, -0.1) is 0 Å². The highest BCUT2D eigenvalue weighted by Gasteiger charge is 2.40. The second-order valence-electron chi connectivity index (χ2n) is 10.0. The van der Waals surface area contributed by atoms with Gasteiger partial charge in [0.1, 0.15) is 18.1 Å². The van der Waals surface area contributed by atoms with Crippen LogP contribution < -0.4 is 15.4 Å². The summed E-state index contributed by atoms with van der Waals surface area (Å²) in [6.45, 7) is 1.48. The van der Waals surface area contributed by atoms with Crippen molar-refractivity contribution in [2.75, 3.05) is 13.7 Å². The van der Waals surface area contributed by atoms with Gasteiger partial charge in [0.05, 0.1) is 12.1 Å². The first kappa shape index (κ1) is 22.8. The third-order valence-electron chi connectivity index (χ3n) is 7.85. The number of imide groups is 1. The minimum Gasteiger partial charge on any atom is -0.489 e. The number of hydrogen-bond donors (Lipinski definition) is 3. The molecule has 0 aromatic heterocycles. The largest absolute Gasteiger partial charge is 0.489 e. The Morgan fingerprint density at radius 3 is 2.79 bits per heavy atom. The molecule has 2 aliphatic carbocycles. The standard InChI is InChI=1S/C25H35N3O5/c1-32-18-10-15(11-18)13-26-20-4-2-3-5-22(20)33-17-6-7-19-16(12-17)14-28(25(19)31)21-8-9-23(29)27-24(21)30/h6-7,12,15,18,20-22,25-26,31H,2-5,8-11,13-14H2,1H3,(H,27,29,30)/t15?,18?,20-,21?,22-,25?/m1/s1. The highest BCUT2D eigenvalue weighted by molar-refractivity contribution is 6.00. The summed E-state index contributed by atoms with van der Waals surface area (Å²) in [5.74, 6) is 0.934. The maximum atomic E-state index is 12.3. The number of methoxy groups -OCH3 is 1. The minimum atomic E-state index is -0.847. The van der Waals surface area contributed by atoms with Gasteiger partial charge in [0.15, 0.2) is 0 Å². The summed E-state index contributed by atoms with van der Waals surface area (Å²) >= 11 is 0. The van der Waals surface area contributed by atoms with E-state index >= 15 is 0 Å². The molecule has 3 fully saturated rings. The molecule has 2 heterocycles. The molecule has 8 heteroatoms. The zero-order chi connectivity index (χ0) is 22.9. The van der Waals surface area contributed by atoms with Gasteiger partial charge in [-0.3, -0.25) is 19.8 Å². The van der Waals surface area contributed by atoms with E-state index < -0.39 is 12.3 Å². The molecule has 1 aromatic rings. The van der Waals surface area contributed by atoms with Crippen LogP contribution in [-0.2, 0) is 20.9 Å². The Morgan fingerprint density at radius 2 is 2.00 bits per heavy atom. The molecule has 0 spiro atoms. The van der Waals surface area contributed by atoms with Crippen LogP contribution in [-0.4, -0.2) is 59.8 Å². The van der Waals surface area contributed by atoms with Crippen LogP contribution >= 0.6 is 0 Å². The quantitative estimate of drug-likeness (QED) is 0.539. The molecule has 1 saturated heterocycles. The summed E-state index contributed by atoms with van der Waals surface area (Å²) in [7, 11) is 1.79. The number of amides is 2. The van der Waals surface area contributed by atoms with Crippen molar-refractivity contribution in [3.63, 3.8) is 0 Å². The molecule has 2 aliphatic heterocycles. The summed E-state index contributed by atoms with van der Waals surface area (Å²) in [5.41, 5.74) is 1.79. The van der Waals surface area contributed by atoms with Gasteiger partial charge in [-0.25, -0.2) is 0 Å². The van der Waals surface area contributed by atoms with E-state index in [2.05, 4.69) is 10.6 Å². The van der Waals surface area contributed by atoms with Crippen molar-refractivity contribution in [2.45, 2.75) is 88.4 Å². The molecule has 2 saturated carbocycles. The first-order chi connectivity index (χ1) is 16.0. The maximum Gasteiger partial charge on any atom is 0.244 e. The van der Waals surface area contributed by atoms with Crippen molar-refractivity contribution in [2.24, 2.45) is 5.92 Å². The van der Waals surface area contributed by atoms with Gasteiger partial charge in [-0.2, -0.15) is 0 Å². The lowest BCUT2D eigenvalue weighted by Crippen LogP contribution is -2.51. The summed E-state index contributed by atoms with van der Waals surface area (Å²) in [4.78, 5) is 25.6. The van der Waals surface area contributed by atoms with Gasteiger partial charge < -0.3 is 19.9 Å². The molecular formula is C25H35N3O5. The maximum absolute atomic E-state index is 12.3. The van der Waals surface area contributed by atoms with Crippen LogP contribution in [0.3, 0.4) is 0 Å². The van der Waals surface area contributed by atoms with Gasteiger partial charge in [0.25, 0.3) is 0 Å². The summed E-state index contributed by atoms with van der Waals surface area (Å²) in [6.07, 6.45) is 7.27. The van der Waals surface area contributed by atoms with Crippen LogP contribution in [0.5, 0.6) is 5.75 Å². The topological polar surface area (TPSA) is 100 Å². The number of benzene rings is 1. The second kappa shape index (κ2) is 9.70. The fourth-order valence-electron chi connectivity index (χ4n) is 5.78. The van der Waals surface area contributed by atoms with Gasteiger partial charge in [-0.05, 0) is 68.7 Å². The molecule has 2 unspecified atom stereocenters. The van der Waals surface area contributed by atoms with Crippen molar-refractivity contribution < 1.29 is 24.2 Å². The molecule has 0 radical (unpaired) electrons. The highest BCUT2D eigenvalue weighted by Crippen LogP contribution is 2.37. The number of aliphatic hydroxyl groups excluding tert-OH is 1. The fourth-order valence-corrected chi connectivity index (χ4v) is 5.78. The van der Waals surface area contributed by atoms with Crippen LogP contribution in [0.2, 0.25) is 0 Å². The van der Waals surface area contributed by atoms with Gasteiger partial charge in [-0.1, -0.05) is 12.5 Å². The number of nitrogens with one attached hydrogen (secondary N) is 2. The molecule has 5 rings (SSSR count).